The van der Waals surface area contributed by atoms with Gasteiger partial charge in [0.15, 0.2) is 0 Å². The van der Waals surface area contributed by atoms with Gasteiger partial charge in [-0.15, -0.1) is 0 Å². The number of morpholine rings is 1. The van der Waals surface area contributed by atoms with Gasteiger partial charge in [0.25, 0.3) is 5.91 Å². The van der Waals surface area contributed by atoms with Gasteiger partial charge in [-0.1, -0.05) is 30.3 Å². The number of benzene rings is 3. The van der Waals surface area contributed by atoms with Crippen molar-refractivity contribution in [3.8, 4) is 11.1 Å². The van der Waals surface area contributed by atoms with E-state index in [4.69, 9.17) is 9.84 Å². The second kappa shape index (κ2) is 13.2. The van der Waals surface area contributed by atoms with Crippen LogP contribution in [0.1, 0.15) is 34.3 Å². The quantitative estimate of drug-likeness (QED) is 0.284. The topological polar surface area (TPSA) is 62.6 Å². The van der Waals surface area contributed by atoms with E-state index in [9.17, 15) is 9.18 Å². The maximum atomic E-state index is 13.2. The van der Waals surface area contributed by atoms with Crippen LogP contribution in [0.25, 0.3) is 22.0 Å². The van der Waals surface area contributed by atoms with E-state index in [1.165, 1.54) is 28.6 Å². The number of carbonyl (C=O) groups excluding carboxylic acids is 1. The minimum absolute atomic E-state index is 0.0747. The first-order chi connectivity index (χ1) is 20.5. The summed E-state index contributed by atoms with van der Waals surface area (Å²) >= 11 is 0. The fourth-order valence-corrected chi connectivity index (χ4v) is 6.11. The van der Waals surface area contributed by atoms with E-state index in [-0.39, 0.29) is 11.7 Å². The van der Waals surface area contributed by atoms with E-state index in [2.05, 4.69) is 40.2 Å². The number of halogens is 1. The third kappa shape index (κ3) is 6.72. The molecule has 8 heteroatoms. The highest BCUT2D eigenvalue weighted by Gasteiger charge is 2.24. The molecule has 4 aromatic rings. The van der Waals surface area contributed by atoms with Gasteiger partial charge in [-0.25, -0.2) is 4.39 Å². The van der Waals surface area contributed by atoms with Gasteiger partial charge in [-0.2, -0.15) is 5.10 Å². The molecule has 7 nitrogen and oxygen atoms in total. The van der Waals surface area contributed by atoms with Crippen molar-refractivity contribution in [2.75, 3.05) is 52.5 Å². The lowest BCUT2D eigenvalue weighted by atomic mass is 9.96. The van der Waals surface area contributed by atoms with Crippen molar-refractivity contribution < 1.29 is 13.9 Å². The number of fused-ring (bicyclic) bond motifs is 1. The average Bonchev–Trinajstić information content (AvgIpc) is 3.45. The number of likely N-dealkylation sites (tertiary alicyclic amines) is 1. The molecule has 42 heavy (non-hydrogen) atoms. The third-order valence-corrected chi connectivity index (χ3v) is 8.80. The zero-order valence-corrected chi connectivity index (χ0v) is 24.4. The van der Waals surface area contributed by atoms with Crippen molar-refractivity contribution in [3.63, 3.8) is 0 Å². The van der Waals surface area contributed by atoms with Crippen LogP contribution >= 0.6 is 0 Å². The average molecular weight is 570 g/mol. The van der Waals surface area contributed by atoms with Crippen molar-refractivity contribution in [2.45, 2.75) is 32.9 Å². The third-order valence-electron chi connectivity index (χ3n) is 8.80. The van der Waals surface area contributed by atoms with Crippen molar-refractivity contribution in [1.82, 2.24) is 24.9 Å². The molecule has 6 rings (SSSR count). The van der Waals surface area contributed by atoms with Crippen LogP contribution in [0.15, 0.2) is 66.9 Å². The first-order valence-corrected chi connectivity index (χ1v) is 15.2. The van der Waals surface area contributed by atoms with Gasteiger partial charge in [0.2, 0.25) is 0 Å². The number of hydrogen-bond donors (Lipinski definition) is 1. The Morgan fingerprint density at radius 1 is 0.952 bits per heavy atom. The van der Waals surface area contributed by atoms with Crippen LogP contribution in [0, 0.1) is 18.7 Å². The second-order valence-electron chi connectivity index (χ2n) is 11.6. The first-order valence-electron chi connectivity index (χ1n) is 15.2. The number of piperidine rings is 1. The summed E-state index contributed by atoms with van der Waals surface area (Å²) in [6.07, 6.45) is 4.13. The number of amides is 1. The summed E-state index contributed by atoms with van der Waals surface area (Å²) in [5.41, 5.74) is 6.26. The van der Waals surface area contributed by atoms with Crippen molar-refractivity contribution >= 4 is 16.8 Å². The first kappa shape index (κ1) is 28.5. The fourth-order valence-electron chi connectivity index (χ4n) is 6.11. The molecule has 3 aromatic carbocycles. The summed E-state index contributed by atoms with van der Waals surface area (Å²) in [7, 11) is 0. The van der Waals surface area contributed by atoms with Crippen LogP contribution < -0.4 is 5.32 Å². The molecule has 0 aliphatic carbocycles. The minimum atomic E-state index is -0.252. The molecule has 220 valence electrons. The van der Waals surface area contributed by atoms with Gasteiger partial charge < -0.3 is 15.0 Å². The Kier molecular flexibility index (Phi) is 8.93. The molecule has 1 N–H and O–H groups in total. The van der Waals surface area contributed by atoms with Crippen LogP contribution in [-0.4, -0.2) is 78.0 Å². The Balaban J connectivity index is 0.994. The number of rotatable bonds is 9. The Labute approximate surface area is 247 Å². The molecule has 0 spiro atoms. The number of nitrogens with zero attached hydrogens (tertiary/aromatic N) is 4. The van der Waals surface area contributed by atoms with Gasteiger partial charge >= 0.3 is 0 Å². The molecule has 0 bridgehead atoms. The summed E-state index contributed by atoms with van der Waals surface area (Å²) in [4.78, 5) is 17.6. The predicted molar refractivity (Wildman–Crippen MR) is 164 cm³/mol. The molecular formula is C34H40FN5O2. The molecule has 2 aliphatic heterocycles. The van der Waals surface area contributed by atoms with E-state index in [0.717, 1.165) is 95.1 Å². The van der Waals surface area contributed by atoms with Crippen LogP contribution in [-0.2, 0) is 17.8 Å². The number of hydrogen-bond acceptors (Lipinski definition) is 5. The fraction of sp³-hybridized carbons (Fsp3) is 0.412. The lowest BCUT2D eigenvalue weighted by molar-refractivity contribution is 0.0384. The van der Waals surface area contributed by atoms with Gasteiger partial charge in [-0.3, -0.25) is 14.4 Å². The van der Waals surface area contributed by atoms with Gasteiger partial charge in [0, 0.05) is 69.5 Å². The Morgan fingerprint density at radius 3 is 2.36 bits per heavy atom. The molecular weight excluding hydrogens is 529 g/mol. The monoisotopic (exact) mass is 569 g/mol. The highest BCUT2D eigenvalue weighted by atomic mass is 19.1. The molecule has 2 saturated heterocycles. The van der Waals surface area contributed by atoms with Crippen molar-refractivity contribution in [1.29, 1.82) is 0 Å². The van der Waals surface area contributed by atoms with E-state index in [1.807, 2.05) is 29.2 Å². The molecule has 0 radical (unpaired) electrons. The summed E-state index contributed by atoms with van der Waals surface area (Å²) in [6, 6.07) is 18.4. The summed E-state index contributed by atoms with van der Waals surface area (Å²) < 4.78 is 20.8. The molecule has 0 unspecified atom stereocenters. The molecule has 0 atom stereocenters. The normalized spacial score (nSPS) is 16.8. The summed E-state index contributed by atoms with van der Waals surface area (Å²) in [6.45, 7) is 11.2. The van der Waals surface area contributed by atoms with Crippen LogP contribution in [0.3, 0.4) is 0 Å². The number of aryl methyl sites for hydroxylation is 1. The molecule has 1 aromatic heterocycles. The van der Waals surface area contributed by atoms with Crippen LogP contribution in [0.4, 0.5) is 4.39 Å². The van der Waals surface area contributed by atoms with Crippen molar-refractivity contribution in [3.05, 3.63) is 89.4 Å². The largest absolute Gasteiger partial charge is 0.379 e. The lowest BCUT2D eigenvalue weighted by Crippen LogP contribution is -2.40. The number of ether oxygens (including phenoxy) is 1. The minimum Gasteiger partial charge on any atom is -0.379 e. The molecule has 2 fully saturated rings. The summed E-state index contributed by atoms with van der Waals surface area (Å²) in [5.74, 6) is 0.314. The molecule has 3 heterocycles. The molecule has 0 saturated carbocycles. The maximum Gasteiger partial charge on any atom is 0.253 e. The summed E-state index contributed by atoms with van der Waals surface area (Å²) in [5, 5.41) is 9.71. The number of aromatic nitrogens is 2. The van der Waals surface area contributed by atoms with Crippen LogP contribution in [0.2, 0.25) is 0 Å². The number of carbonyl (C=O) groups is 1. The standard InChI is InChI=1S/C34H40FN5O2/c1-25-30(22-36-14-17-38-18-20-42-21-19-38)8-11-33-32(25)24-40(37-33)23-26-12-15-39(16-13-26)34(41)29-4-2-27(3-5-29)28-6-9-31(35)10-7-28/h2-11,24,26,36H,12-23H2,1H3. The Hall–Kier alpha value is -3.59. The van der Waals surface area contributed by atoms with Gasteiger partial charge in [-0.05, 0) is 78.3 Å². The van der Waals surface area contributed by atoms with E-state index < -0.39 is 0 Å². The second-order valence-corrected chi connectivity index (χ2v) is 11.6. The Morgan fingerprint density at radius 2 is 1.64 bits per heavy atom. The van der Waals surface area contributed by atoms with Crippen molar-refractivity contribution in [2.24, 2.45) is 5.92 Å². The van der Waals surface area contributed by atoms with Gasteiger partial charge in [0.05, 0.1) is 18.7 Å². The van der Waals surface area contributed by atoms with Crippen LogP contribution in [0.5, 0.6) is 0 Å². The van der Waals surface area contributed by atoms with Gasteiger partial charge in [0.1, 0.15) is 5.82 Å². The maximum absolute atomic E-state index is 13.2. The highest BCUT2D eigenvalue weighted by Crippen LogP contribution is 2.25. The SMILES string of the molecule is Cc1c(CNCCN2CCOCC2)ccc2nn(CC3CCN(C(=O)c4ccc(-c5ccc(F)cc5)cc4)CC3)cc12. The molecule has 2 aliphatic rings. The van der Waals surface area contributed by atoms with E-state index in [0.29, 0.717) is 11.5 Å². The highest BCUT2D eigenvalue weighted by molar-refractivity contribution is 5.94. The zero-order valence-electron chi connectivity index (χ0n) is 24.4. The lowest BCUT2D eigenvalue weighted by Gasteiger charge is -2.32. The van der Waals surface area contributed by atoms with E-state index in [1.54, 1.807) is 12.1 Å². The zero-order chi connectivity index (χ0) is 28.9. The predicted octanol–water partition coefficient (Wildman–Crippen LogP) is 5.13. The number of nitrogens with one attached hydrogen (secondary N) is 1. The Bertz CT molecular complexity index is 1490. The van der Waals surface area contributed by atoms with E-state index >= 15 is 0 Å². The molecule has 1 amide bonds. The smallest absolute Gasteiger partial charge is 0.253 e.